The molecule has 0 aliphatic carbocycles. The number of hydrogen-bond acceptors (Lipinski definition) is 4. The number of thioether (sulfide) groups is 1. The van der Waals surface area contributed by atoms with E-state index in [0.29, 0.717) is 32.9 Å². The van der Waals surface area contributed by atoms with Crippen LogP contribution in [0.3, 0.4) is 0 Å². The SMILES string of the molecule is Cc1ccc(NC(=O)/C(C#N)=C2\SC(Cc3cc(Cl)ccc3Cl)C(=O)N2c2ccc(C)c(C)c2)cc1. The average Bonchev–Trinajstić information content (AvgIpc) is 3.15. The number of rotatable bonds is 5. The molecule has 5 nitrogen and oxygen atoms in total. The van der Waals surface area contributed by atoms with Crippen molar-refractivity contribution in [2.45, 2.75) is 32.4 Å². The van der Waals surface area contributed by atoms with E-state index >= 15 is 0 Å². The first kappa shape index (κ1) is 25.8. The van der Waals surface area contributed by atoms with E-state index in [1.165, 1.54) is 16.7 Å². The van der Waals surface area contributed by atoms with Crippen molar-refractivity contribution in [1.29, 1.82) is 5.26 Å². The molecule has 0 spiro atoms. The molecule has 1 unspecified atom stereocenters. The van der Waals surface area contributed by atoms with E-state index in [0.717, 1.165) is 22.3 Å². The minimum Gasteiger partial charge on any atom is -0.321 e. The Hall–Kier alpha value is -3.24. The second-order valence-corrected chi connectivity index (χ2v) is 10.6. The maximum absolute atomic E-state index is 13.7. The van der Waals surface area contributed by atoms with Crippen molar-refractivity contribution >= 4 is 58.2 Å². The summed E-state index contributed by atoms with van der Waals surface area (Å²) in [6.45, 7) is 5.88. The molecule has 36 heavy (non-hydrogen) atoms. The van der Waals surface area contributed by atoms with Crippen molar-refractivity contribution in [2.24, 2.45) is 0 Å². The highest BCUT2D eigenvalue weighted by Crippen LogP contribution is 2.43. The number of halogens is 2. The molecule has 3 aromatic rings. The maximum Gasteiger partial charge on any atom is 0.269 e. The van der Waals surface area contributed by atoms with Gasteiger partial charge in [-0.3, -0.25) is 14.5 Å². The van der Waals surface area contributed by atoms with Gasteiger partial charge in [0, 0.05) is 21.4 Å². The van der Waals surface area contributed by atoms with Crippen LogP contribution in [0.15, 0.2) is 71.3 Å². The maximum atomic E-state index is 13.7. The number of carbonyl (C=O) groups is 2. The number of anilines is 2. The third-order valence-corrected chi connectivity index (χ3v) is 7.84. The fourth-order valence-electron chi connectivity index (χ4n) is 3.82. The molecule has 1 N–H and O–H groups in total. The second-order valence-electron chi connectivity index (χ2n) is 8.60. The van der Waals surface area contributed by atoms with E-state index in [4.69, 9.17) is 23.2 Å². The third-order valence-electron chi connectivity index (χ3n) is 5.98. The molecule has 0 aromatic heterocycles. The fourth-order valence-corrected chi connectivity index (χ4v) is 5.50. The molecule has 4 rings (SSSR count). The first-order valence-corrected chi connectivity index (χ1v) is 12.9. The van der Waals surface area contributed by atoms with Crippen LogP contribution in [0.4, 0.5) is 11.4 Å². The highest BCUT2D eigenvalue weighted by Gasteiger charge is 2.41. The molecule has 1 heterocycles. The van der Waals surface area contributed by atoms with Gasteiger partial charge in [-0.05, 0) is 86.3 Å². The predicted octanol–water partition coefficient (Wildman–Crippen LogP) is 6.98. The van der Waals surface area contributed by atoms with Gasteiger partial charge in [-0.25, -0.2) is 0 Å². The summed E-state index contributed by atoms with van der Waals surface area (Å²) in [7, 11) is 0. The Morgan fingerprint density at radius 2 is 1.75 bits per heavy atom. The van der Waals surface area contributed by atoms with Gasteiger partial charge < -0.3 is 5.32 Å². The van der Waals surface area contributed by atoms with Crippen LogP contribution in [-0.4, -0.2) is 17.1 Å². The monoisotopic (exact) mass is 535 g/mol. The summed E-state index contributed by atoms with van der Waals surface area (Å²) >= 11 is 13.7. The van der Waals surface area contributed by atoms with Gasteiger partial charge in [-0.1, -0.05) is 58.7 Å². The molecular formula is C28H23Cl2N3O2S. The predicted molar refractivity (Wildman–Crippen MR) is 147 cm³/mol. The van der Waals surface area contributed by atoms with Crippen molar-refractivity contribution in [3.05, 3.63) is 104 Å². The molecule has 3 aromatic carbocycles. The molecule has 1 aliphatic heterocycles. The minimum atomic E-state index is -0.590. The molecule has 2 amide bonds. The summed E-state index contributed by atoms with van der Waals surface area (Å²) in [6, 6.07) is 20.0. The topological polar surface area (TPSA) is 73.2 Å². The Bertz CT molecular complexity index is 1430. The summed E-state index contributed by atoms with van der Waals surface area (Å²) in [5.41, 5.74) is 4.87. The van der Waals surface area contributed by atoms with Gasteiger partial charge in [0.2, 0.25) is 5.91 Å². The normalized spacial score (nSPS) is 16.6. The summed E-state index contributed by atoms with van der Waals surface area (Å²) in [6.07, 6.45) is 0.298. The van der Waals surface area contributed by atoms with E-state index in [1.54, 1.807) is 30.3 Å². The lowest BCUT2D eigenvalue weighted by Gasteiger charge is -2.20. The van der Waals surface area contributed by atoms with Crippen molar-refractivity contribution in [2.75, 3.05) is 10.2 Å². The van der Waals surface area contributed by atoms with Crippen LogP contribution >= 0.6 is 35.0 Å². The van der Waals surface area contributed by atoms with Crippen LogP contribution < -0.4 is 10.2 Å². The Kier molecular flexibility index (Phi) is 7.75. The third kappa shape index (κ3) is 5.44. The van der Waals surface area contributed by atoms with Crippen molar-refractivity contribution in [1.82, 2.24) is 0 Å². The highest BCUT2D eigenvalue weighted by molar-refractivity contribution is 8.05. The standard InChI is InChI=1S/C28H23Cl2N3O2S/c1-16-4-8-21(9-5-16)32-26(34)23(15-31)28-33(22-10-6-17(2)18(3)12-22)27(35)25(36-28)14-19-13-20(29)7-11-24(19)30/h4-13,25H,14H2,1-3H3,(H,32,34)/b28-23-. The van der Waals surface area contributed by atoms with Crippen LogP contribution in [0.1, 0.15) is 22.3 Å². The smallest absolute Gasteiger partial charge is 0.269 e. The molecule has 8 heteroatoms. The van der Waals surface area contributed by atoms with Crippen LogP contribution in [0, 0.1) is 32.1 Å². The van der Waals surface area contributed by atoms with Crippen molar-refractivity contribution in [3.8, 4) is 6.07 Å². The number of hydrogen-bond donors (Lipinski definition) is 1. The van der Waals surface area contributed by atoms with Gasteiger partial charge in [-0.2, -0.15) is 5.26 Å². The Balaban J connectivity index is 1.76. The van der Waals surface area contributed by atoms with Gasteiger partial charge in [0.05, 0.1) is 5.25 Å². The minimum absolute atomic E-state index is 0.133. The summed E-state index contributed by atoms with van der Waals surface area (Å²) in [4.78, 5) is 28.4. The zero-order chi connectivity index (χ0) is 26.0. The van der Waals surface area contributed by atoms with Crippen LogP contribution in [0.25, 0.3) is 0 Å². The molecule has 0 saturated carbocycles. The highest BCUT2D eigenvalue weighted by atomic mass is 35.5. The zero-order valence-corrected chi connectivity index (χ0v) is 22.3. The lowest BCUT2D eigenvalue weighted by molar-refractivity contribution is -0.117. The van der Waals surface area contributed by atoms with Gasteiger partial charge in [0.25, 0.3) is 5.91 Å². The largest absolute Gasteiger partial charge is 0.321 e. The molecule has 1 aliphatic rings. The van der Waals surface area contributed by atoms with Gasteiger partial charge in [0.1, 0.15) is 16.7 Å². The van der Waals surface area contributed by atoms with Crippen LogP contribution in [-0.2, 0) is 16.0 Å². The van der Waals surface area contributed by atoms with E-state index in [-0.39, 0.29) is 11.5 Å². The summed E-state index contributed by atoms with van der Waals surface area (Å²) in [5, 5.41) is 13.5. The number of nitrogens with zero attached hydrogens (tertiary/aromatic N) is 2. The molecule has 1 saturated heterocycles. The number of amides is 2. The second kappa shape index (κ2) is 10.8. The summed E-state index contributed by atoms with van der Waals surface area (Å²) in [5.74, 6) is -0.808. The van der Waals surface area contributed by atoms with Crippen molar-refractivity contribution in [3.63, 3.8) is 0 Å². The molecule has 1 atom stereocenters. The molecule has 0 bridgehead atoms. The lowest BCUT2D eigenvalue weighted by Crippen LogP contribution is -2.31. The summed E-state index contributed by atoms with van der Waals surface area (Å²) < 4.78 is 0. The number of benzene rings is 3. The average molecular weight is 536 g/mol. The van der Waals surface area contributed by atoms with Gasteiger partial charge in [0.15, 0.2) is 0 Å². The lowest BCUT2D eigenvalue weighted by atomic mass is 10.1. The first-order valence-electron chi connectivity index (χ1n) is 11.2. The van der Waals surface area contributed by atoms with E-state index in [2.05, 4.69) is 5.32 Å². The number of nitriles is 1. The Labute approximate surface area is 224 Å². The van der Waals surface area contributed by atoms with E-state index in [9.17, 15) is 14.9 Å². The van der Waals surface area contributed by atoms with Crippen LogP contribution in [0.2, 0.25) is 10.0 Å². The fraction of sp³-hybridized carbons (Fsp3) is 0.179. The molecule has 1 fully saturated rings. The quantitative estimate of drug-likeness (QED) is 0.282. The van der Waals surface area contributed by atoms with E-state index in [1.807, 2.05) is 57.2 Å². The van der Waals surface area contributed by atoms with Gasteiger partial charge in [-0.15, -0.1) is 0 Å². The Morgan fingerprint density at radius 1 is 1.03 bits per heavy atom. The number of nitrogens with one attached hydrogen (secondary N) is 1. The zero-order valence-electron chi connectivity index (χ0n) is 19.9. The van der Waals surface area contributed by atoms with Gasteiger partial charge >= 0.3 is 0 Å². The molecule has 182 valence electrons. The number of aryl methyl sites for hydroxylation is 3. The van der Waals surface area contributed by atoms with Crippen LogP contribution in [0.5, 0.6) is 0 Å². The first-order chi connectivity index (χ1) is 17.2. The number of carbonyl (C=O) groups excluding carboxylic acids is 2. The Morgan fingerprint density at radius 3 is 2.42 bits per heavy atom. The van der Waals surface area contributed by atoms with E-state index < -0.39 is 11.2 Å². The molecular weight excluding hydrogens is 513 g/mol. The molecule has 0 radical (unpaired) electrons. The van der Waals surface area contributed by atoms with Crippen molar-refractivity contribution < 1.29 is 9.59 Å².